The largest absolute Gasteiger partial charge is 0.281 e. The number of hydrazone groups is 1. The number of para-hydroxylation sites is 1. The number of carbonyl (C=O) groups is 1. The Balaban J connectivity index is 1.83. The molecule has 0 saturated carbocycles. The second kappa shape index (κ2) is 7.39. The van der Waals surface area contributed by atoms with Crippen molar-refractivity contribution in [1.29, 1.82) is 0 Å². The monoisotopic (exact) mass is 392 g/mol. The maximum atomic E-state index is 13.1. The Morgan fingerprint density at radius 2 is 1.48 bits per heavy atom. The fourth-order valence-electron chi connectivity index (χ4n) is 2.87. The van der Waals surface area contributed by atoms with Gasteiger partial charge in [-0.25, -0.2) is 0 Å². The van der Waals surface area contributed by atoms with Crippen molar-refractivity contribution in [2.45, 2.75) is 0 Å². The summed E-state index contributed by atoms with van der Waals surface area (Å²) >= 11 is 12.1. The molecule has 0 bridgehead atoms. The number of hydrogen-bond acceptors (Lipinski definition) is 2. The highest BCUT2D eigenvalue weighted by Crippen LogP contribution is 2.29. The van der Waals surface area contributed by atoms with E-state index >= 15 is 0 Å². The lowest BCUT2D eigenvalue weighted by atomic mass is 10.0. The molecule has 0 fully saturated rings. The van der Waals surface area contributed by atoms with E-state index in [1.807, 2.05) is 66.7 Å². The number of amides is 1. The van der Waals surface area contributed by atoms with Gasteiger partial charge in [-0.05, 0) is 35.9 Å². The number of nitrogens with zero attached hydrogens (tertiary/aromatic N) is 2. The zero-order chi connectivity index (χ0) is 18.8. The molecule has 0 atom stereocenters. The molecule has 0 N–H and O–H groups in total. The molecule has 0 aromatic heterocycles. The summed E-state index contributed by atoms with van der Waals surface area (Å²) in [5.74, 6) is -0.189. The molecule has 1 aliphatic rings. The Bertz CT molecular complexity index is 1060. The van der Waals surface area contributed by atoms with Crippen LogP contribution in [-0.4, -0.2) is 11.6 Å². The van der Waals surface area contributed by atoms with Crippen LogP contribution in [0.25, 0.3) is 6.08 Å². The standard InChI is InChI=1S/C22H14Cl2N2O/c23-19-12-11-15(14-20(19)24)13-18-21(16-7-3-1-4-8-16)25-26(22(18)27)17-9-5-2-6-10-17/h1-14H/b18-13-. The lowest BCUT2D eigenvalue weighted by Crippen LogP contribution is -2.21. The third-order valence-electron chi connectivity index (χ3n) is 4.18. The molecule has 1 heterocycles. The van der Waals surface area contributed by atoms with Gasteiger partial charge in [0.05, 0.1) is 21.3 Å². The van der Waals surface area contributed by atoms with Gasteiger partial charge in [0.25, 0.3) is 5.91 Å². The molecular weight excluding hydrogens is 379 g/mol. The maximum absolute atomic E-state index is 13.1. The minimum absolute atomic E-state index is 0.189. The third kappa shape index (κ3) is 3.52. The van der Waals surface area contributed by atoms with Crippen LogP contribution < -0.4 is 5.01 Å². The average Bonchev–Trinajstić information content (AvgIpc) is 3.02. The SMILES string of the molecule is O=C1/C(=C\c2ccc(Cl)c(Cl)c2)C(c2ccccc2)=NN1c1ccccc1. The first-order valence-corrected chi connectivity index (χ1v) is 9.10. The van der Waals surface area contributed by atoms with Crippen molar-refractivity contribution in [2.75, 3.05) is 5.01 Å². The minimum Gasteiger partial charge on any atom is -0.267 e. The van der Waals surface area contributed by atoms with E-state index in [0.717, 1.165) is 11.1 Å². The lowest BCUT2D eigenvalue weighted by molar-refractivity contribution is -0.114. The summed E-state index contributed by atoms with van der Waals surface area (Å²) in [7, 11) is 0. The maximum Gasteiger partial charge on any atom is 0.281 e. The topological polar surface area (TPSA) is 32.7 Å². The molecule has 5 heteroatoms. The van der Waals surface area contributed by atoms with E-state index in [9.17, 15) is 4.79 Å². The summed E-state index contributed by atoms with van der Waals surface area (Å²) in [4.78, 5) is 13.1. The fraction of sp³-hybridized carbons (Fsp3) is 0. The van der Waals surface area contributed by atoms with Crippen LogP contribution in [-0.2, 0) is 4.79 Å². The molecule has 3 aromatic rings. The van der Waals surface area contributed by atoms with Gasteiger partial charge in [-0.2, -0.15) is 10.1 Å². The van der Waals surface area contributed by atoms with Crippen LogP contribution in [0.2, 0.25) is 10.0 Å². The molecule has 0 saturated heterocycles. The molecule has 1 aliphatic heterocycles. The van der Waals surface area contributed by atoms with Crippen LogP contribution >= 0.6 is 23.2 Å². The molecule has 0 unspecified atom stereocenters. The van der Waals surface area contributed by atoms with Crippen LogP contribution in [0.3, 0.4) is 0 Å². The molecule has 0 aliphatic carbocycles. The van der Waals surface area contributed by atoms with E-state index in [2.05, 4.69) is 5.10 Å². The quantitative estimate of drug-likeness (QED) is 0.516. The van der Waals surface area contributed by atoms with E-state index in [4.69, 9.17) is 23.2 Å². The number of benzene rings is 3. The van der Waals surface area contributed by atoms with E-state index in [-0.39, 0.29) is 5.91 Å². The van der Waals surface area contributed by atoms with Gasteiger partial charge in [0.2, 0.25) is 0 Å². The Morgan fingerprint density at radius 1 is 0.815 bits per heavy atom. The Kier molecular flexibility index (Phi) is 4.80. The lowest BCUT2D eigenvalue weighted by Gasteiger charge is -2.10. The highest BCUT2D eigenvalue weighted by atomic mass is 35.5. The average molecular weight is 393 g/mol. The van der Waals surface area contributed by atoms with E-state index in [0.29, 0.717) is 27.0 Å². The number of carbonyl (C=O) groups excluding carboxylic acids is 1. The Morgan fingerprint density at radius 3 is 2.15 bits per heavy atom. The molecule has 27 heavy (non-hydrogen) atoms. The van der Waals surface area contributed by atoms with Gasteiger partial charge in [-0.1, -0.05) is 77.8 Å². The summed E-state index contributed by atoms with van der Waals surface area (Å²) in [6, 6.07) is 24.3. The smallest absolute Gasteiger partial charge is 0.267 e. The number of rotatable bonds is 3. The van der Waals surface area contributed by atoms with Gasteiger partial charge in [0.1, 0.15) is 5.71 Å². The van der Waals surface area contributed by atoms with Crippen molar-refractivity contribution >= 4 is 46.6 Å². The van der Waals surface area contributed by atoms with E-state index in [1.54, 1.807) is 18.2 Å². The van der Waals surface area contributed by atoms with Crippen molar-refractivity contribution in [3.63, 3.8) is 0 Å². The minimum atomic E-state index is -0.189. The number of anilines is 1. The molecule has 4 rings (SSSR count). The van der Waals surface area contributed by atoms with Gasteiger partial charge in [0, 0.05) is 5.56 Å². The van der Waals surface area contributed by atoms with Gasteiger partial charge in [0.15, 0.2) is 0 Å². The summed E-state index contributed by atoms with van der Waals surface area (Å²) in [6.45, 7) is 0. The zero-order valence-electron chi connectivity index (χ0n) is 14.1. The highest BCUT2D eigenvalue weighted by Gasteiger charge is 2.31. The molecule has 3 aromatic carbocycles. The van der Waals surface area contributed by atoms with Crippen molar-refractivity contribution < 1.29 is 4.79 Å². The van der Waals surface area contributed by atoms with Crippen molar-refractivity contribution in [3.05, 3.63) is 106 Å². The van der Waals surface area contributed by atoms with E-state index < -0.39 is 0 Å². The van der Waals surface area contributed by atoms with Crippen LogP contribution in [0.5, 0.6) is 0 Å². The van der Waals surface area contributed by atoms with Crippen molar-refractivity contribution in [2.24, 2.45) is 5.10 Å². The van der Waals surface area contributed by atoms with Crippen LogP contribution in [0, 0.1) is 0 Å². The van der Waals surface area contributed by atoms with Crippen LogP contribution in [0.4, 0.5) is 5.69 Å². The Hall–Kier alpha value is -2.88. The predicted molar refractivity (Wildman–Crippen MR) is 111 cm³/mol. The van der Waals surface area contributed by atoms with Crippen molar-refractivity contribution in [3.8, 4) is 0 Å². The molecule has 1 amide bonds. The van der Waals surface area contributed by atoms with Crippen LogP contribution in [0.15, 0.2) is 89.5 Å². The molecular formula is C22H14Cl2N2O. The number of halogens is 2. The zero-order valence-corrected chi connectivity index (χ0v) is 15.7. The third-order valence-corrected chi connectivity index (χ3v) is 4.92. The molecule has 132 valence electrons. The second-order valence-corrected chi connectivity index (χ2v) is 6.81. The predicted octanol–water partition coefficient (Wildman–Crippen LogP) is 5.83. The van der Waals surface area contributed by atoms with Crippen LogP contribution in [0.1, 0.15) is 11.1 Å². The second-order valence-electron chi connectivity index (χ2n) is 6.00. The molecule has 0 radical (unpaired) electrons. The molecule has 3 nitrogen and oxygen atoms in total. The van der Waals surface area contributed by atoms with Gasteiger partial charge in [-0.15, -0.1) is 0 Å². The number of hydrogen-bond donors (Lipinski definition) is 0. The first kappa shape index (κ1) is 17.5. The van der Waals surface area contributed by atoms with Gasteiger partial charge < -0.3 is 0 Å². The highest BCUT2D eigenvalue weighted by molar-refractivity contribution is 6.42. The summed E-state index contributed by atoms with van der Waals surface area (Å²) in [6.07, 6.45) is 1.79. The first-order valence-electron chi connectivity index (χ1n) is 8.34. The molecule has 0 spiro atoms. The summed E-state index contributed by atoms with van der Waals surface area (Å²) in [5.41, 5.74) is 3.49. The normalized spacial score (nSPS) is 15.3. The first-order chi connectivity index (χ1) is 13.1. The van der Waals surface area contributed by atoms with Crippen molar-refractivity contribution in [1.82, 2.24) is 0 Å². The summed E-state index contributed by atoms with van der Waals surface area (Å²) in [5, 5.41) is 6.93. The fourth-order valence-corrected chi connectivity index (χ4v) is 3.17. The van der Waals surface area contributed by atoms with E-state index in [1.165, 1.54) is 5.01 Å². The Labute approximate surface area is 167 Å². The van der Waals surface area contributed by atoms with Gasteiger partial charge in [-0.3, -0.25) is 4.79 Å². The van der Waals surface area contributed by atoms with Gasteiger partial charge >= 0.3 is 0 Å². The summed E-state index contributed by atoms with van der Waals surface area (Å²) < 4.78 is 0.